The van der Waals surface area contributed by atoms with Gasteiger partial charge in [-0.05, 0) is 36.6 Å². The molecular weight excluding hydrogens is 664 g/mol. The highest BCUT2D eigenvalue weighted by Gasteiger charge is 2.35. The summed E-state index contributed by atoms with van der Waals surface area (Å²) in [6.07, 6.45) is 1.68. The fourth-order valence-electron chi connectivity index (χ4n) is 6.43. The van der Waals surface area contributed by atoms with Crippen molar-refractivity contribution in [3.63, 3.8) is 0 Å². The minimum atomic E-state index is -0.932. The van der Waals surface area contributed by atoms with Gasteiger partial charge in [0.15, 0.2) is 0 Å². The maximum absolute atomic E-state index is 15.5. The molecule has 2 aliphatic rings. The number of piperazine rings is 1. The van der Waals surface area contributed by atoms with Crippen molar-refractivity contribution in [3.8, 4) is 28.3 Å². The second-order valence-electron chi connectivity index (χ2n) is 11.7. The van der Waals surface area contributed by atoms with E-state index in [0.717, 1.165) is 52.4 Å². The number of nitrogens with zero attached hydrogens (tertiary/aromatic N) is 6. The lowest BCUT2D eigenvalue weighted by atomic mass is 9.98. The van der Waals surface area contributed by atoms with Crippen molar-refractivity contribution in [1.82, 2.24) is 29.1 Å². The van der Waals surface area contributed by atoms with Crippen LogP contribution >= 0.6 is 23.2 Å². The van der Waals surface area contributed by atoms with E-state index in [0.29, 0.717) is 30.2 Å². The predicted molar refractivity (Wildman–Crippen MR) is 179 cm³/mol. The highest BCUT2D eigenvalue weighted by Crippen LogP contribution is 2.46. The standard InChI is InChI=1S/C33H32Cl2FN7O5/c1-17(44)42-12-14-43(15-13-42)24-11-8-18-16-23(38-31(48-4)25(18)24)19-6-5-7-20(27(19)34)26-21(36)9-10-22(28(26)35)37-30(45)29-32(46)40(2)33(47)41(3)39-29/h5-7,9-10,16,24H,8,11-15H2,1-4H3,(H,37,45). The Balaban J connectivity index is 1.33. The number of carbonyl (C=O) groups is 2. The number of aromatic nitrogens is 4. The normalized spacial score (nSPS) is 16.1. The number of pyridine rings is 1. The Morgan fingerprint density at radius 1 is 1.02 bits per heavy atom. The van der Waals surface area contributed by atoms with Gasteiger partial charge in [0.05, 0.1) is 28.5 Å². The van der Waals surface area contributed by atoms with E-state index in [1.165, 1.54) is 20.2 Å². The minimum absolute atomic E-state index is 0.00439. The van der Waals surface area contributed by atoms with Crippen LogP contribution in [-0.2, 0) is 25.3 Å². The van der Waals surface area contributed by atoms with Crippen molar-refractivity contribution in [1.29, 1.82) is 0 Å². The summed E-state index contributed by atoms with van der Waals surface area (Å²) in [4.78, 5) is 58.5. The number of amides is 2. The molecule has 1 aliphatic carbocycles. The van der Waals surface area contributed by atoms with Gasteiger partial charge in [-0.15, -0.1) is 0 Å². The van der Waals surface area contributed by atoms with Crippen LogP contribution in [0.25, 0.3) is 22.4 Å². The SMILES string of the molecule is COc1nc(-c2cccc(-c3c(F)ccc(NC(=O)c4nn(C)c(=O)n(C)c4=O)c3Cl)c2Cl)cc2c1C(N1CCN(C(C)=O)CC1)CC2. The number of hydrogen-bond acceptors (Lipinski definition) is 8. The molecular formula is C33H32Cl2FN7O5. The molecule has 1 atom stereocenters. The highest BCUT2D eigenvalue weighted by molar-refractivity contribution is 6.39. The fraction of sp³-hybridized carbons (Fsp3) is 0.333. The van der Waals surface area contributed by atoms with Crippen LogP contribution in [-0.4, -0.2) is 74.2 Å². The number of carbonyl (C=O) groups excluding carboxylic acids is 2. The second-order valence-corrected chi connectivity index (χ2v) is 12.5. The van der Waals surface area contributed by atoms with Crippen molar-refractivity contribution in [2.24, 2.45) is 14.1 Å². The third kappa shape index (κ3) is 5.86. The molecule has 6 rings (SSSR count). The first-order chi connectivity index (χ1) is 22.9. The van der Waals surface area contributed by atoms with Gasteiger partial charge in [0.25, 0.3) is 11.5 Å². The largest absolute Gasteiger partial charge is 0.481 e. The molecule has 2 amide bonds. The zero-order valence-corrected chi connectivity index (χ0v) is 28.2. The maximum Gasteiger partial charge on any atom is 0.346 e. The zero-order chi connectivity index (χ0) is 34.4. The third-order valence-electron chi connectivity index (χ3n) is 8.94. The van der Waals surface area contributed by atoms with Gasteiger partial charge < -0.3 is 15.0 Å². The van der Waals surface area contributed by atoms with Crippen molar-refractivity contribution < 1.29 is 18.7 Å². The Bertz CT molecular complexity index is 2090. The molecule has 1 N–H and O–H groups in total. The molecule has 1 aliphatic heterocycles. The number of nitrogens with one attached hydrogen (secondary N) is 1. The number of halogens is 3. The number of aryl methyl sites for hydroxylation is 2. The van der Waals surface area contributed by atoms with Crippen LogP contribution in [0.3, 0.4) is 0 Å². The van der Waals surface area contributed by atoms with Crippen molar-refractivity contribution in [3.05, 3.63) is 89.9 Å². The lowest BCUT2D eigenvalue weighted by Gasteiger charge is -2.38. The van der Waals surface area contributed by atoms with Gasteiger partial charge in [0, 0.05) is 75.5 Å². The van der Waals surface area contributed by atoms with Gasteiger partial charge >= 0.3 is 5.69 Å². The van der Waals surface area contributed by atoms with E-state index in [9.17, 15) is 19.2 Å². The zero-order valence-electron chi connectivity index (χ0n) is 26.6. The Morgan fingerprint density at radius 3 is 2.42 bits per heavy atom. The number of ether oxygens (including phenoxy) is 1. The molecule has 12 nitrogen and oxygen atoms in total. The summed E-state index contributed by atoms with van der Waals surface area (Å²) < 4.78 is 22.9. The van der Waals surface area contributed by atoms with Crippen LogP contribution in [0.1, 0.15) is 41.0 Å². The first-order valence-corrected chi connectivity index (χ1v) is 16.0. The number of methoxy groups -OCH3 is 1. The summed E-state index contributed by atoms with van der Waals surface area (Å²) in [6, 6.07) is 9.54. The van der Waals surface area contributed by atoms with Gasteiger partial charge in [0.1, 0.15) is 5.82 Å². The highest BCUT2D eigenvalue weighted by atomic mass is 35.5. The number of rotatable bonds is 6. The topological polar surface area (TPSA) is 132 Å². The summed E-state index contributed by atoms with van der Waals surface area (Å²) in [6.45, 7) is 4.44. The number of anilines is 1. The molecule has 0 spiro atoms. The monoisotopic (exact) mass is 695 g/mol. The van der Waals surface area contributed by atoms with Crippen molar-refractivity contribution in [2.45, 2.75) is 25.8 Å². The van der Waals surface area contributed by atoms with Gasteiger partial charge in [-0.1, -0.05) is 41.4 Å². The molecule has 250 valence electrons. The van der Waals surface area contributed by atoms with Crippen LogP contribution in [0, 0.1) is 5.82 Å². The molecule has 2 aromatic carbocycles. The molecule has 0 radical (unpaired) electrons. The molecule has 1 unspecified atom stereocenters. The second kappa shape index (κ2) is 13.1. The van der Waals surface area contributed by atoms with E-state index in [2.05, 4.69) is 15.3 Å². The molecule has 0 saturated carbocycles. The third-order valence-corrected chi connectivity index (χ3v) is 9.74. The van der Waals surface area contributed by atoms with E-state index in [1.54, 1.807) is 32.2 Å². The van der Waals surface area contributed by atoms with Crippen LogP contribution in [0.15, 0.2) is 46.0 Å². The number of fused-ring (bicyclic) bond motifs is 1. The van der Waals surface area contributed by atoms with Gasteiger partial charge in [-0.25, -0.2) is 18.9 Å². The quantitative estimate of drug-likeness (QED) is 0.320. The van der Waals surface area contributed by atoms with Crippen LogP contribution in [0.5, 0.6) is 5.88 Å². The molecule has 15 heteroatoms. The summed E-state index contributed by atoms with van der Waals surface area (Å²) in [7, 11) is 4.10. The summed E-state index contributed by atoms with van der Waals surface area (Å²) in [5.74, 6) is -1.07. The van der Waals surface area contributed by atoms with Gasteiger partial charge in [-0.3, -0.25) is 23.9 Å². The molecule has 1 saturated heterocycles. The smallest absolute Gasteiger partial charge is 0.346 e. The van der Waals surface area contributed by atoms with E-state index in [4.69, 9.17) is 32.9 Å². The van der Waals surface area contributed by atoms with Crippen LogP contribution in [0.2, 0.25) is 10.0 Å². The Kier molecular flexibility index (Phi) is 9.12. The molecule has 1 fully saturated rings. The number of hydrogen-bond donors (Lipinski definition) is 1. The molecule has 4 aromatic rings. The first-order valence-electron chi connectivity index (χ1n) is 15.2. The fourth-order valence-corrected chi connectivity index (χ4v) is 7.05. The summed E-state index contributed by atoms with van der Waals surface area (Å²) >= 11 is 13.6. The minimum Gasteiger partial charge on any atom is -0.481 e. The average Bonchev–Trinajstić information content (AvgIpc) is 3.51. The molecule has 3 heterocycles. The summed E-state index contributed by atoms with van der Waals surface area (Å²) in [5, 5.41) is 6.31. The average molecular weight is 697 g/mol. The van der Waals surface area contributed by atoms with Gasteiger partial charge in [-0.2, -0.15) is 5.10 Å². The van der Waals surface area contributed by atoms with E-state index >= 15 is 4.39 Å². The Morgan fingerprint density at radius 2 is 1.73 bits per heavy atom. The Labute approximate surface area is 284 Å². The first kappa shape index (κ1) is 33.3. The van der Waals surface area contributed by atoms with E-state index in [-0.39, 0.29) is 38.8 Å². The molecule has 0 bridgehead atoms. The Hall–Kier alpha value is -4.59. The maximum atomic E-state index is 15.5. The van der Waals surface area contributed by atoms with Gasteiger partial charge in [0.2, 0.25) is 17.5 Å². The van der Waals surface area contributed by atoms with Crippen LogP contribution < -0.4 is 21.3 Å². The summed E-state index contributed by atoms with van der Waals surface area (Å²) in [5.41, 5.74) is 1.20. The van der Waals surface area contributed by atoms with Crippen molar-refractivity contribution in [2.75, 3.05) is 38.6 Å². The van der Waals surface area contributed by atoms with Crippen molar-refractivity contribution >= 4 is 40.7 Å². The van der Waals surface area contributed by atoms with Crippen LogP contribution in [0.4, 0.5) is 10.1 Å². The van der Waals surface area contributed by atoms with E-state index < -0.39 is 28.7 Å². The number of benzene rings is 2. The molecule has 48 heavy (non-hydrogen) atoms. The van der Waals surface area contributed by atoms with E-state index in [1.807, 2.05) is 11.0 Å². The lowest BCUT2D eigenvalue weighted by Crippen LogP contribution is -2.48. The predicted octanol–water partition coefficient (Wildman–Crippen LogP) is 4.07. The lowest BCUT2D eigenvalue weighted by molar-refractivity contribution is -0.130. The molecule has 2 aromatic heterocycles.